The molecule has 1 aromatic heterocycles. The largest absolute Gasteiger partial charge is 0.361 e. The number of para-hydroxylation sites is 2. The van der Waals surface area contributed by atoms with Gasteiger partial charge in [-0.2, -0.15) is 0 Å². The van der Waals surface area contributed by atoms with Crippen molar-refractivity contribution in [3.05, 3.63) is 90.6 Å². The number of carbonyl (C=O) groups is 1. The fourth-order valence-electron chi connectivity index (χ4n) is 3.38. The number of amides is 1. The van der Waals surface area contributed by atoms with Crippen LogP contribution in [0.4, 0.5) is 17.1 Å². The Balaban J connectivity index is 1.66. The maximum Gasteiger partial charge on any atom is 0.282 e. The first-order chi connectivity index (χ1) is 12.8. The minimum Gasteiger partial charge on any atom is -0.361 e. The average Bonchev–Trinajstić information content (AvgIpc) is 3.25. The van der Waals surface area contributed by atoms with Gasteiger partial charge in [-0.05, 0) is 42.5 Å². The number of hydrogen-bond acceptors (Lipinski definition) is 2. The van der Waals surface area contributed by atoms with Crippen LogP contribution in [-0.2, 0) is 4.79 Å². The number of aromatic nitrogens is 1. The molecule has 0 bridgehead atoms. The summed E-state index contributed by atoms with van der Waals surface area (Å²) < 4.78 is 0. The van der Waals surface area contributed by atoms with Crippen molar-refractivity contribution in [2.24, 2.45) is 4.99 Å². The molecule has 0 fully saturated rings. The number of rotatable bonds is 2. The zero-order valence-electron chi connectivity index (χ0n) is 13.9. The molecule has 0 saturated heterocycles. The standard InChI is InChI=1S/C22H15N3O/c26-22-21(24-16-10-11-19-15(14-16)12-13-23-19)18-8-4-5-9-20(18)25(22)17-6-2-1-3-7-17/h1-14,23H. The van der Waals surface area contributed by atoms with Gasteiger partial charge in [0.15, 0.2) is 0 Å². The number of hydrogen-bond donors (Lipinski definition) is 1. The molecule has 4 nitrogen and oxygen atoms in total. The van der Waals surface area contributed by atoms with Crippen LogP contribution in [0.15, 0.2) is 90.1 Å². The Morgan fingerprint density at radius 1 is 0.846 bits per heavy atom. The van der Waals surface area contributed by atoms with Crippen molar-refractivity contribution in [2.75, 3.05) is 4.90 Å². The molecule has 1 aliphatic heterocycles. The zero-order valence-corrected chi connectivity index (χ0v) is 13.9. The second-order valence-electron chi connectivity index (χ2n) is 6.20. The smallest absolute Gasteiger partial charge is 0.282 e. The van der Waals surface area contributed by atoms with Crippen LogP contribution in [0.2, 0.25) is 0 Å². The summed E-state index contributed by atoms with van der Waals surface area (Å²) in [6, 6.07) is 25.3. The van der Waals surface area contributed by atoms with E-state index in [4.69, 9.17) is 4.99 Å². The van der Waals surface area contributed by atoms with Crippen molar-refractivity contribution in [3.63, 3.8) is 0 Å². The van der Waals surface area contributed by atoms with Gasteiger partial charge in [0.05, 0.1) is 11.4 Å². The molecule has 26 heavy (non-hydrogen) atoms. The third kappa shape index (κ3) is 2.24. The van der Waals surface area contributed by atoms with Crippen molar-refractivity contribution in [1.82, 2.24) is 4.98 Å². The second kappa shape index (κ2) is 5.70. The third-order valence-corrected chi connectivity index (χ3v) is 4.60. The summed E-state index contributed by atoms with van der Waals surface area (Å²) in [5.41, 5.74) is 4.86. The molecule has 0 spiro atoms. The van der Waals surface area contributed by atoms with Gasteiger partial charge in [-0.1, -0.05) is 36.4 Å². The van der Waals surface area contributed by atoms with Gasteiger partial charge in [0.25, 0.3) is 5.91 Å². The molecule has 1 N–H and O–H groups in total. The van der Waals surface area contributed by atoms with E-state index in [1.165, 1.54) is 0 Å². The number of nitrogens with zero attached hydrogens (tertiary/aromatic N) is 2. The molecule has 124 valence electrons. The summed E-state index contributed by atoms with van der Waals surface area (Å²) in [5.74, 6) is -0.105. The molecule has 0 aliphatic carbocycles. The molecule has 5 rings (SSSR count). The van der Waals surface area contributed by atoms with Gasteiger partial charge < -0.3 is 4.98 Å². The Kier molecular flexibility index (Phi) is 3.22. The lowest BCUT2D eigenvalue weighted by atomic mass is 10.1. The summed E-state index contributed by atoms with van der Waals surface area (Å²) in [4.78, 5) is 22.8. The number of H-pyrrole nitrogens is 1. The Hall–Kier alpha value is -3.66. The van der Waals surface area contributed by atoms with Crippen LogP contribution >= 0.6 is 0 Å². The Morgan fingerprint density at radius 3 is 2.54 bits per heavy atom. The summed E-state index contributed by atoms with van der Waals surface area (Å²) in [6.45, 7) is 0. The molecular weight excluding hydrogens is 322 g/mol. The van der Waals surface area contributed by atoms with Crippen LogP contribution in [0.1, 0.15) is 5.56 Å². The fourth-order valence-corrected chi connectivity index (χ4v) is 3.38. The van der Waals surface area contributed by atoms with Gasteiger partial charge in [-0.15, -0.1) is 0 Å². The van der Waals surface area contributed by atoms with Crippen molar-refractivity contribution in [3.8, 4) is 0 Å². The normalized spacial score (nSPS) is 15.0. The van der Waals surface area contributed by atoms with E-state index in [0.717, 1.165) is 33.5 Å². The molecule has 0 atom stereocenters. The van der Waals surface area contributed by atoms with E-state index in [1.54, 1.807) is 4.90 Å². The molecule has 0 saturated carbocycles. The quantitative estimate of drug-likeness (QED) is 0.552. The van der Waals surface area contributed by atoms with Crippen LogP contribution in [-0.4, -0.2) is 16.6 Å². The molecule has 0 unspecified atom stereocenters. The molecular formula is C22H15N3O. The lowest BCUT2D eigenvalue weighted by Crippen LogP contribution is -2.25. The van der Waals surface area contributed by atoms with Gasteiger partial charge in [-0.3, -0.25) is 9.69 Å². The zero-order chi connectivity index (χ0) is 17.5. The van der Waals surface area contributed by atoms with E-state index >= 15 is 0 Å². The van der Waals surface area contributed by atoms with E-state index in [0.29, 0.717) is 5.71 Å². The number of fused-ring (bicyclic) bond motifs is 2. The first-order valence-corrected chi connectivity index (χ1v) is 8.46. The number of anilines is 2. The SMILES string of the molecule is O=C1C(=Nc2ccc3[nH]ccc3c2)c2ccccc2N1c1ccccc1. The first-order valence-electron chi connectivity index (χ1n) is 8.46. The first kappa shape index (κ1) is 14.7. The number of benzene rings is 3. The Bertz CT molecular complexity index is 1160. The van der Waals surface area contributed by atoms with Gasteiger partial charge in [-0.25, -0.2) is 4.99 Å². The predicted octanol–water partition coefficient (Wildman–Crippen LogP) is 4.97. The van der Waals surface area contributed by atoms with E-state index in [1.807, 2.05) is 85.1 Å². The highest BCUT2D eigenvalue weighted by molar-refractivity contribution is 6.56. The van der Waals surface area contributed by atoms with Crippen molar-refractivity contribution in [2.45, 2.75) is 0 Å². The summed E-state index contributed by atoms with van der Waals surface area (Å²) in [6.07, 6.45) is 1.90. The van der Waals surface area contributed by atoms with Gasteiger partial charge in [0.2, 0.25) is 0 Å². The van der Waals surface area contributed by atoms with Crippen LogP contribution in [0.5, 0.6) is 0 Å². The van der Waals surface area contributed by atoms with Crippen LogP contribution in [0, 0.1) is 0 Å². The molecule has 1 aliphatic rings. The monoisotopic (exact) mass is 337 g/mol. The fraction of sp³-hybridized carbons (Fsp3) is 0. The topological polar surface area (TPSA) is 48.5 Å². The predicted molar refractivity (Wildman–Crippen MR) is 105 cm³/mol. The number of aliphatic imine (C=N–C) groups is 1. The molecule has 3 aromatic carbocycles. The highest BCUT2D eigenvalue weighted by Crippen LogP contribution is 2.36. The second-order valence-corrected chi connectivity index (χ2v) is 6.20. The number of nitrogens with one attached hydrogen (secondary N) is 1. The third-order valence-electron chi connectivity index (χ3n) is 4.60. The van der Waals surface area contributed by atoms with Gasteiger partial charge in [0.1, 0.15) is 5.71 Å². The van der Waals surface area contributed by atoms with Gasteiger partial charge in [0, 0.05) is 28.4 Å². The van der Waals surface area contributed by atoms with E-state index in [9.17, 15) is 4.79 Å². The van der Waals surface area contributed by atoms with Crippen molar-refractivity contribution < 1.29 is 4.79 Å². The highest BCUT2D eigenvalue weighted by Gasteiger charge is 2.34. The minimum absolute atomic E-state index is 0.105. The molecule has 0 radical (unpaired) electrons. The lowest BCUT2D eigenvalue weighted by Gasteiger charge is -2.16. The van der Waals surface area contributed by atoms with Crippen LogP contribution < -0.4 is 4.90 Å². The molecule has 2 heterocycles. The minimum atomic E-state index is -0.105. The molecule has 4 heteroatoms. The van der Waals surface area contributed by atoms with Gasteiger partial charge >= 0.3 is 0 Å². The van der Waals surface area contributed by atoms with E-state index < -0.39 is 0 Å². The summed E-state index contributed by atoms with van der Waals surface area (Å²) in [7, 11) is 0. The van der Waals surface area contributed by atoms with Crippen molar-refractivity contribution in [1.29, 1.82) is 0 Å². The van der Waals surface area contributed by atoms with Crippen LogP contribution in [0.3, 0.4) is 0 Å². The van der Waals surface area contributed by atoms with Crippen LogP contribution in [0.25, 0.3) is 10.9 Å². The van der Waals surface area contributed by atoms with Crippen molar-refractivity contribution >= 4 is 39.6 Å². The highest BCUT2D eigenvalue weighted by atomic mass is 16.2. The Labute approximate surface area is 150 Å². The van der Waals surface area contributed by atoms with E-state index in [-0.39, 0.29) is 5.91 Å². The lowest BCUT2D eigenvalue weighted by molar-refractivity contribution is -0.111. The number of carbonyl (C=O) groups excluding carboxylic acids is 1. The molecule has 1 amide bonds. The van der Waals surface area contributed by atoms with E-state index in [2.05, 4.69) is 4.98 Å². The maximum absolute atomic E-state index is 13.2. The summed E-state index contributed by atoms with van der Waals surface area (Å²) in [5, 5.41) is 1.07. The average molecular weight is 337 g/mol. The molecule has 4 aromatic rings. The Morgan fingerprint density at radius 2 is 1.65 bits per heavy atom. The maximum atomic E-state index is 13.2. The summed E-state index contributed by atoms with van der Waals surface area (Å²) >= 11 is 0. The number of aromatic amines is 1.